The molecule has 0 aromatic heterocycles. The Bertz CT molecular complexity index is 356. The minimum atomic E-state index is -0.292. The first kappa shape index (κ1) is 11.7. The largest absolute Gasteiger partial charge is 0.294 e. The third-order valence-electron chi connectivity index (χ3n) is 3.85. The van der Waals surface area contributed by atoms with Crippen LogP contribution in [0.15, 0.2) is 11.6 Å². The molecule has 0 spiro atoms. The average Bonchev–Trinajstić information content (AvgIpc) is 2.51. The highest BCUT2D eigenvalue weighted by Gasteiger charge is 2.56. The molecule has 1 saturated carbocycles. The summed E-state index contributed by atoms with van der Waals surface area (Å²) in [5.41, 5.74) is 1.27. The van der Waals surface area contributed by atoms with E-state index in [0.717, 1.165) is 18.8 Å². The molecule has 0 radical (unpaired) electrons. The van der Waals surface area contributed by atoms with E-state index >= 15 is 0 Å². The van der Waals surface area contributed by atoms with Gasteiger partial charge < -0.3 is 0 Å². The van der Waals surface area contributed by atoms with Crippen molar-refractivity contribution in [2.45, 2.75) is 58.0 Å². The Kier molecular flexibility index (Phi) is 2.62. The highest BCUT2D eigenvalue weighted by Crippen LogP contribution is 2.53. The van der Waals surface area contributed by atoms with Crippen molar-refractivity contribution >= 4 is 0 Å². The van der Waals surface area contributed by atoms with E-state index in [1.807, 2.05) is 0 Å². The lowest BCUT2D eigenvalue weighted by Gasteiger charge is -2.50. The fourth-order valence-electron chi connectivity index (χ4n) is 3.27. The van der Waals surface area contributed by atoms with Gasteiger partial charge in [0.05, 0.1) is 6.07 Å². The van der Waals surface area contributed by atoms with Gasteiger partial charge >= 0.3 is 0 Å². The van der Waals surface area contributed by atoms with Crippen molar-refractivity contribution in [3.63, 3.8) is 0 Å². The van der Waals surface area contributed by atoms with Crippen LogP contribution in [0.1, 0.15) is 47.0 Å². The molecule has 2 aliphatic carbocycles. The Balaban J connectivity index is 2.16. The summed E-state index contributed by atoms with van der Waals surface area (Å²) in [5, 5.41) is 13.0. The van der Waals surface area contributed by atoms with Gasteiger partial charge in [0.15, 0.2) is 0 Å². The van der Waals surface area contributed by atoms with E-state index < -0.39 is 0 Å². The van der Waals surface area contributed by atoms with Crippen molar-refractivity contribution in [2.75, 3.05) is 0 Å². The van der Waals surface area contributed by atoms with Gasteiger partial charge in [-0.2, -0.15) is 5.26 Å². The molecule has 0 aromatic carbocycles. The third kappa shape index (κ3) is 1.78. The predicted octanol–water partition coefficient (Wildman–Crippen LogP) is 3.01. The Morgan fingerprint density at radius 1 is 1.56 bits per heavy atom. The van der Waals surface area contributed by atoms with Crippen LogP contribution in [-0.2, 0) is 0 Å². The van der Waals surface area contributed by atoms with Crippen molar-refractivity contribution < 1.29 is 0 Å². The number of hydrogen-bond acceptors (Lipinski definition) is 2. The van der Waals surface area contributed by atoms with Gasteiger partial charge in [-0.15, -0.1) is 0 Å². The summed E-state index contributed by atoms with van der Waals surface area (Å²) in [5.74, 6) is 1.18. The number of nitrogens with one attached hydrogen (secondary N) is 1. The molecule has 2 nitrogen and oxygen atoms in total. The lowest BCUT2D eigenvalue weighted by atomic mass is 9.60. The molecule has 0 heterocycles. The van der Waals surface area contributed by atoms with E-state index in [9.17, 15) is 5.26 Å². The van der Waals surface area contributed by atoms with Crippen molar-refractivity contribution in [1.29, 1.82) is 5.26 Å². The Hall–Kier alpha value is -0.810. The van der Waals surface area contributed by atoms with E-state index in [1.165, 1.54) is 6.42 Å². The Morgan fingerprint density at radius 3 is 2.75 bits per heavy atom. The molecule has 16 heavy (non-hydrogen) atoms. The van der Waals surface area contributed by atoms with Crippen LogP contribution in [0.4, 0.5) is 0 Å². The van der Waals surface area contributed by atoms with Crippen LogP contribution in [-0.4, -0.2) is 11.1 Å². The van der Waals surface area contributed by atoms with Gasteiger partial charge in [0, 0.05) is 11.5 Å². The van der Waals surface area contributed by atoms with Crippen LogP contribution in [0.2, 0.25) is 0 Å². The molecule has 3 atom stereocenters. The summed E-state index contributed by atoms with van der Waals surface area (Å²) in [6.45, 7) is 8.62. The highest BCUT2D eigenvalue weighted by molar-refractivity contribution is 5.33. The first-order chi connectivity index (χ1) is 7.40. The van der Waals surface area contributed by atoms with Gasteiger partial charge in [0.2, 0.25) is 0 Å². The SMILES string of the molecule is CCC1=C[C@@H]2[C@H](C1)C[C@]2(C#N)NC(C)(C)C. The summed E-state index contributed by atoms with van der Waals surface area (Å²) in [7, 11) is 0. The van der Waals surface area contributed by atoms with Crippen LogP contribution in [0.5, 0.6) is 0 Å². The van der Waals surface area contributed by atoms with Gasteiger partial charge in [-0.05, 0) is 46.0 Å². The molecule has 2 aliphatic rings. The van der Waals surface area contributed by atoms with E-state index in [1.54, 1.807) is 5.57 Å². The Morgan fingerprint density at radius 2 is 2.25 bits per heavy atom. The zero-order valence-corrected chi connectivity index (χ0v) is 10.8. The van der Waals surface area contributed by atoms with Gasteiger partial charge in [0.1, 0.15) is 5.54 Å². The molecule has 0 aliphatic heterocycles. The first-order valence-electron chi connectivity index (χ1n) is 6.30. The Labute approximate surface area is 98.7 Å². The molecule has 0 bridgehead atoms. The second-order valence-electron chi connectivity index (χ2n) is 6.33. The lowest BCUT2D eigenvalue weighted by Crippen LogP contribution is -2.65. The molecule has 2 rings (SSSR count). The second-order valence-corrected chi connectivity index (χ2v) is 6.33. The first-order valence-corrected chi connectivity index (χ1v) is 6.30. The van der Waals surface area contributed by atoms with E-state index in [-0.39, 0.29) is 11.1 Å². The number of allylic oxidation sites excluding steroid dienone is 1. The monoisotopic (exact) mass is 218 g/mol. The van der Waals surface area contributed by atoms with Crippen LogP contribution in [0.25, 0.3) is 0 Å². The smallest absolute Gasteiger partial charge is 0.114 e. The maximum absolute atomic E-state index is 9.46. The van der Waals surface area contributed by atoms with Gasteiger partial charge in [-0.3, -0.25) is 5.32 Å². The lowest BCUT2D eigenvalue weighted by molar-refractivity contribution is 0.0744. The topological polar surface area (TPSA) is 35.8 Å². The van der Waals surface area contributed by atoms with Crippen LogP contribution >= 0.6 is 0 Å². The van der Waals surface area contributed by atoms with Crippen molar-refractivity contribution in [3.8, 4) is 6.07 Å². The fraction of sp³-hybridized carbons (Fsp3) is 0.786. The summed E-state index contributed by atoms with van der Waals surface area (Å²) in [4.78, 5) is 0. The normalized spacial score (nSPS) is 37.3. The maximum atomic E-state index is 9.46. The average molecular weight is 218 g/mol. The van der Waals surface area contributed by atoms with Crippen molar-refractivity contribution in [3.05, 3.63) is 11.6 Å². The minimum absolute atomic E-state index is 0.0174. The number of rotatable bonds is 2. The molecule has 88 valence electrons. The second kappa shape index (κ2) is 3.60. The number of hydrogen-bond donors (Lipinski definition) is 1. The van der Waals surface area contributed by atoms with Crippen LogP contribution in [0, 0.1) is 23.2 Å². The van der Waals surface area contributed by atoms with Crippen molar-refractivity contribution in [2.24, 2.45) is 11.8 Å². The molecule has 1 fully saturated rings. The number of fused-ring (bicyclic) bond motifs is 1. The summed E-state index contributed by atoms with van der Waals surface area (Å²) in [6, 6.07) is 2.53. The van der Waals surface area contributed by atoms with Gasteiger partial charge in [0.25, 0.3) is 0 Å². The molecular formula is C14H22N2. The molecule has 0 amide bonds. The molecule has 2 heteroatoms. The van der Waals surface area contributed by atoms with Crippen LogP contribution in [0.3, 0.4) is 0 Å². The molecule has 0 saturated heterocycles. The quantitative estimate of drug-likeness (QED) is 0.723. The fourth-order valence-corrected chi connectivity index (χ4v) is 3.27. The zero-order valence-electron chi connectivity index (χ0n) is 10.8. The molecule has 0 unspecified atom stereocenters. The zero-order chi connectivity index (χ0) is 12.0. The maximum Gasteiger partial charge on any atom is 0.114 e. The van der Waals surface area contributed by atoms with Gasteiger partial charge in [-0.25, -0.2) is 0 Å². The van der Waals surface area contributed by atoms with Crippen LogP contribution < -0.4 is 5.32 Å². The third-order valence-corrected chi connectivity index (χ3v) is 3.85. The summed E-state index contributed by atoms with van der Waals surface area (Å²) < 4.78 is 0. The van der Waals surface area contributed by atoms with Crippen molar-refractivity contribution in [1.82, 2.24) is 5.32 Å². The van der Waals surface area contributed by atoms with E-state index in [4.69, 9.17) is 0 Å². The minimum Gasteiger partial charge on any atom is -0.294 e. The van der Waals surface area contributed by atoms with E-state index in [0.29, 0.717) is 5.92 Å². The molecule has 1 N–H and O–H groups in total. The standard InChI is InChI=1S/C14H22N2/c1-5-10-6-11-8-14(9-15,12(11)7-10)16-13(2,3)4/h7,11-12,16H,5-6,8H2,1-4H3/t11-,12-,14-/m1/s1. The predicted molar refractivity (Wildman–Crippen MR) is 65.8 cm³/mol. The van der Waals surface area contributed by atoms with E-state index in [2.05, 4.69) is 45.2 Å². The number of nitrogens with zero attached hydrogens (tertiary/aromatic N) is 1. The highest BCUT2D eigenvalue weighted by atomic mass is 15.1. The molecular weight excluding hydrogens is 196 g/mol. The molecule has 0 aromatic rings. The number of nitriles is 1. The van der Waals surface area contributed by atoms with Gasteiger partial charge in [-0.1, -0.05) is 18.6 Å². The summed E-state index contributed by atoms with van der Waals surface area (Å²) in [6.07, 6.45) is 5.74. The summed E-state index contributed by atoms with van der Waals surface area (Å²) >= 11 is 0.